The summed E-state index contributed by atoms with van der Waals surface area (Å²) >= 11 is 2.38. The lowest BCUT2D eigenvalue weighted by Gasteiger charge is -2.49. The molecule has 4 rings (SSSR count). The van der Waals surface area contributed by atoms with Crippen LogP contribution in [0.4, 0.5) is 9.93 Å². The van der Waals surface area contributed by atoms with Gasteiger partial charge in [-0.15, -0.1) is 23.1 Å². The molecule has 3 amide bonds. The highest BCUT2D eigenvalue weighted by molar-refractivity contribution is 8.00. The Balaban J connectivity index is 0.00000385. The van der Waals surface area contributed by atoms with Crippen molar-refractivity contribution in [2.75, 3.05) is 18.2 Å². The summed E-state index contributed by atoms with van der Waals surface area (Å²) in [5.41, 5.74) is -1.96. The van der Waals surface area contributed by atoms with Gasteiger partial charge in [0.25, 0.3) is 11.8 Å². The van der Waals surface area contributed by atoms with Crippen LogP contribution in [0.15, 0.2) is 46.1 Å². The molecule has 296 valence electrons. The first-order valence-corrected chi connectivity index (χ1v) is 19.4. The lowest BCUT2D eigenvalue weighted by atomic mass is 10.0. The van der Waals surface area contributed by atoms with Gasteiger partial charge >= 0.3 is 18.0 Å². The minimum atomic E-state index is -1.63. The van der Waals surface area contributed by atoms with E-state index in [1.54, 1.807) is 72.9 Å². The number of oxime groups is 1. The lowest BCUT2D eigenvalue weighted by Crippen LogP contribution is -2.71. The molecule has 2 aromatic rings. The summed E-state index contributed by atoms with van der Waals surface area (Å²) in [5, 5.41) is 10.2. The molecule has 1 aromatic carbocycles. The number of rotatable bonds is 12. The van der Waals surface area contributed by atoms with Gasteiger partial charge in [0.15, 0.2) is 10.8 Å². The van der Waals surface area contributed by atoms with Crippen LogP contribution in [0.1, 0.15) is 93.8 Å². The van der Waals surface area contributed by atoms with E-state index in [2.05, 4.69) is 20.8 Å². The number of esters is 2. The van der Waals surface area contributed by atoms with Gasteiger partial charge in [-0.3, -0.25) is 19.8 Å². The van der Waals surface area contributed by atoms with Crippen LogP contribution in [0.25, 0.3) is 0 Å². The van der Waals surface area contributed by atoms with E-state index in [0.29, 0.717) is 17.9 Å². The minimum Gasteiger partial charge on any atom is -0.497 e. The Morgan fingerprint density at radius 2 is 1.61 bits per heavy atom. The quantitative estimate of drug-likeness (QED) is 0.0821. The normalized spacial score (nSPS) is 17.2. The van der Waals surface area contributed by atoms with Crippen LogP contribution in [0.5, 0.6) is 5.75 Å². The van der Waals surface area contributed by atoms with Crippen LogP contribution in [0, 0.1) is 0 Å². The van der Waals surface area contributed by atoms with E-state index in [1.807, 2.05) is 20.8 Å². The van der Waals surface area contributed by atoms with Gasteiger partial charge in [0.2, 0.25) is 5.60 Å². The summed E-state index contributed by atoms with van der Waals surface area (Å²) < 4.78 is 21.5. The molecule has 0 saturated carbocycles. The number of ether oxygens (including phenoxy) is 4. The van der Waals surface area contributed by atoms with Gasteiger partial charge in [0, 0.05) is 11.1 Å². The second-order valence-corrected chi connectivity index (χ2v) is 16.3. The van der Waals surface area contributed by atoms with Gasteiger partial charge in [0.05, 0.1) is 7.11 Å². The Kier molecular flexibility index (Phi) is 14.7. The maximum Gasteiger partial charge on any atom is 0.413 e. The first kappa shape index (κ1) is 43.8. The first-order valence-electron chi connectivity index (χ1n) is 17.5. The highest BCUT2D eigenvalue weighted by atomic mass is 32.2. The molecule has 0 aliphatic carbocycles. The van der Waals surface area contributed by atoms with Gasteiger partial charge in [-0.25, -0.2) is 19.4 Å². The number of methoxy groups -OCH3 is 1. The second kappa shape index (κ2) is 18.1. The molecule has 1 aromatic heterocycles. The monoisotopic (exact) mass is 789 g/mol. The zero-order valence-corrected chi connectivity index (χ0v) is 34.5. The summed E-state index contributed by atoms with van der Waals surface area (Å²) in [6, 6.07) is 6.02. The van der Waals surface area contributed by atoms with Gasteiger partial charge < -0.3 is 29.1 Å². The van der Waals surface area contributed by atoms with Crippen LogP contribution >= 0.6 is 23.1 Å². The Labute approximate surface area is 324 Å². The molecule has 17 heteroatoms. The van der Waals surface area contributed by atoms with Crippen molar-refractivity contribution in [3.05, 3.63) is 52.2 Å². The zero-order chi connectivity index (χ0) is 40.6. The predicted molar refractivity (Wildman–Crippen MR) is 206 cm³/mol. The number of hydrogen-bond donors (Lipinski definition) is 2. The molecule has 2 atom stereocenters. The number of thiazole rings is 1. The maximum absolute atomic E-state index is 13.9. The molecule has 1 saturated heterocycles. The van der Waals surface area contributed by atoms with Gasteiger partial charge in [-0.2, -0.15) is 0 Å². The van der Waals surface area contributed by atoms with Crippen molar-refractivity contribution in [3.63, 3.8) is 0 Å². The van der Waals surface area contributed by atoms with Crippen molar-refractivity contribution in [2.45, 2.75) is 117 Å². The van der Waals surface area contributed by atoms with E-state index in [-0.39, 0.29) is 28.8 Å². The van der Waals surface area contributed by atoms with E-state index < -0.39 is 58.1 Å². The molecular weight excluding hydrogens is 739 g/mol. The molecule has 0 spiro atoms. The highest BCUT2D eigenvalue weighted by Gasteiger charge is 2.54. The average Bonchev–Trinajstić information content (AvgIpc) is 3.55. The molecule has 1 fully saturated rings. The standard InChI is InChI=1S/C35H45N5O10S2.C2H6/c1-11-20-17-51-28-24(27(42)40(28)25(20)29(43)47-16-19-12-14-21(46-10)15-13-19)37-26(41)23(39-50-35(8,9)30(44)48-33(2,3)4)22-18-52-31(36-22)38-32(45)49-34(5,6)7;1-2/h12-15,18,24,28H,11,16-17H2,1-10H3,(H,37,41)(H,36,38,45);1-2H3/b39-23-;. The number of carbonyl (C=O) groups excluding carboxylic acids is 5. The summed E-state index contributed by atoms with van der Waals surface area (Å²) in [6.45, 7) is 18.9. The van der Waals surface area contributed by atoms with Gasteiger partial charge in [-0.1, -0.05) is 38.1 Å². The molecule has 2 aliphatic heterocycles. The highest BCUT2D eigenvalue weighted by Crippen LogP contribution is 2.41. The van der Waals surface area contributed by atoms with Crippen LogP contribution in [-0.2, 0) is 44.8 Å². The number of benzene rings is 1. The molecule has 2 aliphatic rings. The molecule has 2 N–H and O–H groups in total. The largest absolute Gasteiger partial charge is 0.497 e. The van der Waals surface area contributed by atoms with Crippen LogP contribution < -0.4 is 15.4 Å². The number of thioether (sulfide) groups is 1. The van der Waals surface area contributed by atoms with E-state index in [4.69, 9.17) is 23.8 Å². The number of nitrogens with one attached hydrogen (secondary N) is 2. The van der Waals surface area contributed by atoms with E-state index in [9.17, 15) is 24.0 Å². The molecule has 54 heavy (non-hydrogen) atoms. The fraction of sp³-hybridized carbons (Fsp3) is 0.541. The summed E-state index contributed by atoms with van der Waals surface area (Å²) in [6.07, 6.45) is -0.246. The lowest BCUT2D eigenvalue weighted by molar-refractivity contribution is -0.179. The van der Waals surface area contributed by atoms with E-state index in [0.717, 1.165) is 22.5 Å². The number of hydrogen-bond acceptors (Lipinski definition) is 14. The smallest absolute Gasteiger partial charge is 0.413 e. The van der Waals surface area contributed by atoms with Crippen molar-refractivity contribution in [3.8, 4) is 5.75 Å². The van der Waals surface area contributed by atoms with Gasteiger partial charge in [0.1, 0.15) is 46.4 Å². The number of amides is 3. The van der Waals surface area contributed by atoms with Crippen LogP contribution in [0.3, 0.4) is 0 Å². The Morgan fingerprint density at radius 3 is 2.19 bits per heavy atom. The third-order valence-electron chi connectivity index (χ3n) is 7.31. The Hall–Kier alpha value is -4.64. The number of nitrogens with zero attached hydrogens (tertiary/aromatic N) is 3. The number of β-lactam (4-membered cyclic amide) rings is 1. The third kappa shape index (κ3) is 11.4. The van der Waals surface area contributed by atoms with Crippen molar-refractivity contribution < 1.29 is 47.8 Å². The summed E-state index contributed by atoms with van der Waals surface area (Å²) in [5.74, 6) is -1.65. The van der Waals surface area contributed by atoms with E-state index >= 15 is 0 Å². The van der Waals surface area contributed by atoms with Crippen LogP contribution in [0.2, 0.25) is 0 Å². The van der Waals surface area contributed by atoms with Crippen molar-refractivity contribution in [1.29, 1.82) is 0 Å². The summed E-state index contributed by atoms with van der Waals surface area (Å²) in [7, 11) is 1.56. The topological polar surface area (TPSA) is 184 Å². The molecule has 0 radical (unpaired) electrons. The number of carbonyl (C=O) groups is 5. The fourth-order valence-corrected chi connectivity index (χ4v) is 6.85. The second-order valence-electron chi connectivity index (χ2n) is 14.3. The van der Waals surface area contributed by atoms with Crippen LogP contribution in [-0.4, -0.2) is 86.5 Å². The molecule has 2 unspecified atom stereocenters. The molecule has 0 bridgehead atoms. The van der Waals surface area contributed by atoms with Gasteiger partial charge in [-0.05, 0) is 85.1 Å². The minimum absolute atomic E-state index is 0.00978. The number of anilines is 1. The molecular formula is C37H51N5O10S2. The average molecular weight is 790 g/mol. The predicted octanol–water partition coefficient (Wildman–Crippen LogP) is 6.17. The molecule has 3 heterocycles. The van der Waals surface area contributed by atoms with Crippen molar-refractivity contribution in [1.82, 2.24) is 15.2 Å². The maximum atomic E-state index is 13.9. The Morgan fingerprint density at radius 1 is 0.981 bits per heavy atom. The molecule has 15 nitrogen and oxygen atoms in total. The Bertz CT molecular complexity index is 1760. The number of aromatic nitrogens is 1. The fourth-order valence-electron chi connectivity index (χ4n) is 4.72. The SMILES string of the molecule is CC.CCC1=C(C(=O)OCc2ccc(OC)cc2)N2C(=O)C(NC(=O)/C(=N\OC(C)(C)C(=O)OC(C)(C)C)c3csc(NC(=O)OC(C)(C)C)n3)C2SC1. The zero-order valence-electron chi connectivity index (χ0n) is 32.9. The third-order valence-corrected chi connectivity index (χ3v) is 9.41. The van der Waals surface area contributed by atoms with Crippen molar-refractivity contribution >= 4 is 63.8 Å². The summed E-state index contributed by atoms with van der Waals surface area (Å²) in [4.78, 5) is 77.3. The van der Waals surface area contributed by atoms with Crippen molar-refractivity contribution in [2.24, 2.45) is 5.16 Å². The first-order chi connectivity index (χ1) is 25.2. The van der Waals surface area contributed by atoms with E-state index in [1.165, 1.54) is 35.9 Å². The number of fused-ring (bicyclic) bond motifs is 1.